The van der Waals surface area contributed by atoms with Gasteiger partial charge in [-0.25, -0.2) is 5.11 Å². The molecule has 0 bridgehead atoms. The van der Waals surface area contributed by atoms with Crippen LogP contribution in [0.2, 0.25) is 0 Å². The monoisotopic (exact) mass is 257 g/mol. The van der Waals surface area contributed by atoms with Crippen molar-refractivity contribution >= 4 is 31.9 Å². The largest absolute Gasteiger partial charge is 0.237 e. The summed E-state index contributed by atoms with van der Waals surface area (Å²) in [5.74, 6) is 0. The highest BCUT2D eigenvalue weighted by molar-refractivity contribution is 9.12. The van der Waals surface area contributed by atoms with Gasteiger partial charge in [-0.05, 0) is 12.8 Å². The van der Waals surface area contributed by atoms with Gasteiger partial charge in [0.1, 0.15) is 0 Å². The predicted molar refractivity (Wildman–Crippen MR) is 45.9 cm³/mol. The molecule has 0 aliphatic carbocycles. The first kappa shape index (κ1) is 9.92. The summed E-state index contributed by atoms with van der Waals surface area (Å²) in [6, 6.07) is 0. The fourth-order valence-electron chi connectivity index (χ4n) is 0.549. The Labute approximate surface area is 73.1 Å². The van der Waals surface area contributed by atoms with Crippen LogP contribution in [0.15, 0.2) is 0 Å². The molecule has 0 N–H and O–H groups in total. The molecule has 1 radical (unpaired) electrons. The Balaban J connectivity index is 3.32. The maximum absolute atomic E-state index is 10.1. The van der Waals surface area contributed by atoms with Crippen molar-refractivity contribution in [3.8, 4) is 0 Å². The minimum atomic E-state index is 0.0119. The normalized spacial score (nSPS) is 17.3. The van der Waals surface area contributed by atoms with E-state index in [-0.39, 0.29) is 6.61 Å². The van der Waals surface area contributed by atoms with Crippen molar-refractivity contribution in [1.29, 1.82) is 0 Å². The van der Waals surface area contributed by atoms with Gasteiger partial charge in [-0.15, -0.1) is 0 Å². The number of rotatable bonds is 4. The highest BCUT2D eigenvalue weighted by atomic mass is 79.9. The van der Waals surface area contributed by atoms with Gasteiger partial charge >= 0.3 is 0 Å². The molecule has 0 aromatic heterocycles. The number of hydrogen-bond donors (Lipinski definition) is 0. The summed E-state index contributed by atoms with van der Waals surface area (Å²) in [5.41, 5.74) is 0. The number of halogens is 2. The van der Waals surface area contributed by atoms with Gasteiger partial charge in [-0.3, -0.25) is 0 Å². The van der Waals surface area contributed by atoms with E-state index < -0.39 is 0 Å². The van der Waals surface area contributed by atoms with Crippen LogP contribution in [0.3, 0.4) is 0 Å². The van der Waals surface area contributed by atoms with Crippen LogP contribution in [0, 0.1) is 0 Å². The molecule has 0 aliphatic heterocycles. The van der Waals surface area contributed by atoms with Crippen molar-refractivity contribution in [2.75, 3.05) is 6.61 Å². The molecule has 9 heavy (non-hydrogen) atoms. The zero-order chi connectivity index (χ0) is 7.28. The third kappa shape index (κ3) is 4.34. The molecule has 2 unspecified atom stereocenters. The molecule has 0 aromatic rings. The molecule has 2 atom stereocenters. The first-order valence-electron chi connectivity index (χ1n) is 3.08. The molecule has 1 nitrogen and oxygen atoms in total. The number of hydrogen-bond acceptors (Lipinski definition) is 0. The molecule has 0 aliphatic rings. The van der Waals surface area contributed by atoms with Gasteiger partial charge in [0, 0.05) is 9.65 Å². The molecule has 0 saturated carbocycles. The van der Waals surface area contributed by atoms with E-state index in [1.807, 2.05) is 0 Å². The Morgan fingerprint density at radius 2 is 1.89 bits per heavy atom. The maximum atomic E-state index is 10.1. The molecule has 0 heterocycles. The van der Waals surface area contributed by atoms with Crippen LogP contribution in [0.5, 0.6) is 0 Å². The van der Waals surface area contributed by atoms with Crippen molar-refractivity contribution in [3.63, 3.8) is 0 Å². The molecular formula is C6H11Br2O. The van der Waals surface area contributed by atoms with E-state index in [2.05, 4.69) is 38.8 Å². The van der Waals surface area contributed by atoms with Gasteiger partial charge in [0.05, 0.1) is 6.61 Å². The van der Waals surface area contributed by atoms with Gasteiger partial charge in [-0.2, -0.15) is 0 Å². The standard InChI is InChI=1S/C6H11Br2O/c1-2-5(7)6(8)3-4-9/h5-6H,2-4H2,1H3. The van der Waals surface area contributed by atoms with Gasteiger partial charge in [-0.1, -0.05) is 38.8 Å². The van der Waals surface area contributed by atoms with Crippen LogP contribution < -0.4 is 0 Å². The van der Waals surface area contributed by atoms with E-state index >= 15 is 0 Å². The summed E-state index contributed by atoms with van der Waals surface area (Å²) in [7, 11) is 0. The summed E-state index contributed by atoms with van der Waals surface area (Å²) in [5, 5.41) is 10.1. The van der Waals surface area contributed by atoms with E-state index in [1.165, 1.54) is 0 Å². The summed E-state index contributed by atoms with van der Waals surface area (Å²) in [6.45, 7) is 2.11. The average Bonchev–Trinajstić information content (AvgIpc) is 1.87. The SMILES string of the molecule is CCC(Br)C(Br)CC[O]. The Hall–Kier alpha value is 0.920. The second kappa shape index (κ2) is 5.69. The van der Waals surface area contributed by atoms with Gasteiger partial charge in [0.15, 0.2) is 0 Å². The zero-order valence-corrected chi connectivity index (χ0v) is 8.61. The topological polar surface area (TPSA) is 19.9 Å². The van der Waals surface area contributed by atoms with E-state index in [0.29, 0.717) is 16.1 Å². The van der Waals surface area contributed by atoms with E-state index in [0.717, 1.165) is 6.42 Å². The van der Waals surface area contributed by atoms with Crippen LogP contribution in [-0.2, 0) is 5.11 Å². The van der Waals surface area contributed by atoms with Crippen LogP contribution in [0.1, 0.15) is 19.8 Å². The summed E-state index contributed by atoms with van der Waals surface area (Å²) in [6.07, 6.45) is 1.78. The minimum Gasteiger partial charge on any atom is -0.237 e. The lowest BCUT2D eigenvalue weighted by atomic mass is 10.2. The maximum Gasteiger partial charge on any atom is 0.0833 e. The van der Waals surface area contributed by atoms with Crippen molar-refractivity contribution in [2.45, 2.75) is 29.4 Å². The van der Waals surface area contributed by atoms with Gasteiger partial charge in [0.25, 0.3) is 0 Å². The Morgan fingerprint density at radius 1 is 1.33 bits per heavy atom. The average molecular weight is 259 g/mol. The van der Waals surface area contributed by atoms with Crippen LogP contribution in [0.4, 0.5) is 0 Å². The minimum absolute atomic E-state index is 0.0119. The molecule has 0 saturated heterocycles. The third-order valence-electron chi connectivity index (χ3n) is 1.18. The second-order valence-electron chi connectivity index (χ2n) is 1.93. The van der Waals surface area contributed by atoms with Crippen molar-refractivity contribution in [1.82, 2.24) is 0 Å². The Bertz CT molecular complexity index is 68.1. The molecule has 0 fully saturated rings. The van der Waals surface area contributed by atoms with Gasteiger partial charge in [0.2, 0.25) is 0 Å². The fraction of sp³-hybridized carbons (Fsp3) is 1.00. The molecule has 0 aromatic carbocycles. The molecular weight excluding hydrogens is 248 g/mol. The fourth-order valence-corrected chi connectivity index (χ4v) is 1.37. The molecule has 0 spiro atoms. The van der Waals surface area contributed by atoms with Crippen molar-refractivity contribution in [3.05, 3.63) is 0 Å². The highest BCUT2D eigenvalue weighted by Crippen LogP contribution is 2.19. The quantitative estimate of drug-likeness (QED) is 0.692. The molecule has 0 amide bonds. The summed E-state index contributed by atoms with van der Waals surface area (Å²) >= 11 is 6.87. The Kier molecular flexibility index (Phi) is 6.27. The van der Waals surface area contributed by atoms with Gasteiger partial charge < -0.3 is 0 Å². The summed E-state index contributed by atoms with van der Waals surface area (Å²) < 4.78 is 0. The molecule has 55 valence electrons. The van der Waals surface area contributed by atoms with Crippen molar-refractivity contribution < 1.29 is 5.11 Å². The summed E-state index contributed by atoms with van der Waals surface area (Å²) in [4.78, 5) is 0.798. The van der Waals surface area contributed by atoms with E-state index in [1.54, 1.807) is 0 Å². The Morgan fingerprint density at radius 3 is 2.22 bits per heavy atom. The molecule has 0 rings (SSSR count). The predicted octanol–water partition coefficient (Wildman–Crippen LogP) is 2.74. The highest BCUT2D eigenvalue weighted by Gasteiger charge is 2.12. The molecule has 3 heteroatoms. The van der Waals surface area contributed by atoms with Crippen LogP contribution >= 0.6 is 31.9 Å². The van der Waals surface area contributed by atoms with E-state index in [4.69, 9.17) is 0 Å². The number of alkyl halides is 2. The van der Waals surface area contributed by atoms with E-state index in [9.17, 15) is 5.11 Å². The lowest BCUT2D eigenvalue weighted by molar-refractivity contribution is 0.188. The lowest BCUT2D eigenvalue weighted by Crippen LogP contribution is -2.13. The zero-order valence-electron chi connectivity index (χ0n) is 5.44. The third-order valence-corrected chi connectivity index (χ3v) is 4.27. The first-order chi connectivity index (χ1) is 4.22. The van der Waals surface area contributed by atoms with Crippen molar-refractivity contribution in [2.24, 2.45) is 0 Å². The first-order valence-corrected chi connectivity index (χ1v) is 4.91. The van der Waals surface area contributed by atoms with Crippen LogP contribution in [-0.4, -0.2) is 16.3 Å². The smallest absolute Gasteiger partial charge is 0.0833 e. The second-order valence-corrected chi connectivity index (χ2v) is 4.29. The lowest BCUT2D eigenvalue weighted by Gasteiger charge is -2.11. The van der Waals surface area contributed by atoms with Crippen LogP contribution in [0.25, 0.3) is 0 Å².